The van der Waals surface area contributed by atoms with Crippen molar-refractivity contribution >= 4 is 17.0 Å². The van der Waals surface area contributed by atoms with Gasteiger partial charge in [0.25, 0.3) is 0 Å². The fraction of sp³-hybridized carbons (Fsp3) is 0.200. The largest absolute Gasteiger partial charge is 0.463 e. The van der Waals surface area contributed by atoms with Crippen molar-refractivity contribution in [3.63, 3.8) is 0 Å². The summed E-state index contributed by atoms with van der Waals surface area (Å²) in [5, 5.41) is 2.12. The minimum absolute atomic E-state index is 0.863. The lowest BCUT2D eigenvalue weighted by molar-refractivity contribution is 0.541. The SMILES string of the molecule is Cc1cccc(N=c2scc(-c3ccco3)n2CCCn2ccnc2)c1. The van der Waals surface area contributed by atoms with Gasteiger partial charge in [0.05, 0.1) is 24.0 Å². The van der Waals surface area contributed by atoms with Gasteiger partial charge in [0.1, 0.15) is 0 Å². The summed E-state index contributed by atoms with van der Waals surface area (Å²) in [6.07, 6.45) is 8.35. The predicted molar refractivity (Wildman–Crippen MR) is 103 cm³/mol. The first kappa shape index (κ1) is 16.6. The van der Waals surface area contributed by atoms with Crippen molar-refractivity contribution in [2.24, 2.45) is 4.99 Å². The van der Waals surface area contributed by atoms with Crippen LogP contribution in [0.3, 0.4) is 0 Å². The molecule has 3 aromatic heterocycles. The van der Waals surface area contributed by atoms with Gasteiger partial charge in [-0.05, 0) is 43.2 Å². The predicted octanol–water partition coefficient (Wildman–Crippen LogP) is 4.64. The lowest BCUT2D eigenvalue weighted by atomic mass is 10.2. The number of rotatable bonds is 6. The van der Waals surface area contributed by atoms with E-state index in [0.717, 1.165) is 41.5 Å². The number of hydrogen-bond acceptors (Lipinski definition) is 4. The molecule has 26 heavy (non-hydrogen) atoms. The van der Waals surface area contributed by atoms with Gasteiger partial charge in [0.2, 0.25) is 0 Å². The Bertz CT molecular complexity index is 1030. The molecule has 4 aromatic rings. The molecule has 4 rings (SSSR count). The summed E-state index contributed by atoms with van der Waals surface area (Å²) >= 11 is 1.64. The molecule has 0 aliphatic heterocycles. The molecular formula is C20H20N4OS. The monoisotopic (exact) mass is 364 g/mol. The van der Waals surface area contributed by atoms with Crippen molar-refractivity contribution in [2.75, 3.05) is 0 Å². The van der Waals surface area contributed by atoms with Gasteiger partial charge >= 0.3 is 0 Å². The fourth-order valence-corrected chi connectivity index (χ4v) is 3.83. The molecule has 3 heterocycles. The number of nitrogens with zero attached hydrogens (tertiary/aromatic N) is 4. The maximum atomic E-state index is 5.62. The Balaban J connectivity index is 1.67. The van der Waals surface area contributed by atoms with Crippen LogP contribution in [0.1, 0.15) is 12.0 Å². The minimum atomic E-state index is 0.863. The van der Waals surface area contributed by atoms with Crippen LogP contribution in [0.4, 0.5) is 5.69 Å². The maximum Gasteiger partial charge on any atom is 0.190 e. The number of aryl methyl sites for hydroxylation is 2. The second-order valence-corrected chi connectivity index (χ2v) is 6.97. The number of imidazole rings is 1. The van der Waals surface area contributed by atoms with Crippen molar-refractivity contribution in [1.29, 1.82) is 0 Å². The van der Waals surface area contributed by atoms with Crippen LogP contribution in [0.5, 0.6) is 0 Å². The standard InChI is InChI=1S/C20H20N4OS/c1-16-5-2-6-17(13-16)22-20-24(10-4-9-23-11-8-21-15-23)18(14-26-20)19-7-3-12-25-19/h2-3,5-8,11-15H,4,9-10H2,1H3. The van der Waals surface area contributed by atoms with E-state index in [2.05, 4.69) is 38.6 Å². The summed E-state index contributed by atoms with van der Waals surface area (Å²) in [5.74, 6) is 0.870. The molecule has 132 valence electrons. The second kappa shape index (κ2) is 7.58. The molecule has 1 aromatic carbocycles. The zero-order chi connectivity index (χ0) is 17.8. The summed E-state index contributed by atoms with van der Waals surface area (Å²) in [7, 11) is 0. The van der Waals surface area contributed by atoms with Gasteiger partial charge in [-0.25, -0.2) is 9.98 Å². The van der Waals surface area contributed by atoms with E-state index < -0.39 is 0 Å². The third kappa shape index (κ3) is 3.70. The van der Waals surface area contributed by atoms with Crippen LogP contribution >= 0.6 is 11.3 Å². The topological polar surface area (TPSA) is 48.2 Å². The zero-order valence-corrected chi connectivity index (χ0v) is 15.4. The highest BCUT2D eigenvalue weighted by molar-refractivity contribution is 7.07. The van der Waals surface area contributed by atoms with Crippen LogP contribution in [0.25, 0.3) is 11.5 Å². The normalized spacial score (nSPS) is 12.0. The highest BCUT2D eigenvalue weighted by Gasteiger charge is 2.10. The third-order valence-electron chi connectivity index (χ3n) is 4.15. The number of benzene rings is 1. The van der Waals surface area contributed by atoms with E-state index >= 15 is 0 Å². The van der Waals surface area contributed by atoms with Gasteiger partial charge in [0, 0.05) is 30.9 Å². The number of hydrogen-bond donors (Lipinski definition) is 0. The average molecular weight is 364 g/mol. The molecule has 0 atom stereocenters. The maximum absolute atomic E-state index is 5.62. The Morgan fingerprint density at radius 2 is 2.15 bits per heavy atom. The van der Waals surface area contributed by atoms with Crippen LogP contribution in [-0.2, 0) is 13.1 Å². The lowest BCUT2D eigenvalue weighted by Gasteiger charge is -2.08. The van der Waals surface area contributed by atoms with E-state index in [1.165, 1.54) is 5.56 Å². The Hall–Kier alpha value is -2.86. The van der Waals surface area contributed by atoms with Crippen molar-refractivity contribution in [2.45, 2.75) is 26.4 Å². The van der Waals surface area contributed by atoms with E-state index in [4.69, 9.17) is 9.41 Å². The highest BCUT2D eigenvalue weighted by atomic mass is 32.1. The molecule has 0 fully saturated rings. The van der Waals surface area contributed by atoms with Gasteiger partial charge in [-0.2, -0.15) is 0 Å². The number of thiazole rings is 1. The Morgan fingerprint density at radius 3 is 2.92 bits per heavy atom. The molecule has 0 N–H and O–H groups in total. The van der Waals surface area contributed by atoms with E-state index in [9.17, 15) is 0 Å². The Kier molecular flexibility index (Phi) is 4.84. The molecule has 6 heteroatoms. The van der Waals surface area contributed by atoms with Gasteiger partial charge < -0.3 is 13.6 Å². The molecule has 0 aliphatic carbocycles. The molecule has 5 nitrogen and oxygen atoms in total. The van der Waals surface area contributed by atoms with Crippen LogP contribution < -0.4 is 4.80 Å². The average Bonchev–Trinajstić information content (AvgIpc) is 3.37. The summed E-state index contributed by atoms with van der Waals surface area (Å²) in [4.78, 5) is 9.95. The van der Waals surface area contributed by atoms with Crippen LogP contribution in [0.2, 0.25) is 0 Å². The molecule has 0 spiro atoms. The van der Waals surface area contributed by atoms with E-state index in [-0.39, 0.29) is 0 Å². The molecule has 0 saturated carbocycles. The lowest BCUT2D eigenvalue weighted by Crippen LogP contribution is -2.17. The Morgan fingerprint density at radius 1 is 1.19 bits per heavy atom. The number of aromatic nitrogens is 3. The van der Waals surface area contributed by atoms with Gasteiger partial charge in [-0.3, -0.25) is 0 Å². The van der Waals surface area contributed by atoms with Crippen molar-refractivity contribution in [3.05, 3.63) is 77.1 Å². The summed E-state index contributed by atoms with van der Waals surface area (Å²) in [6.45, 7) is 3.87. The van der Waals surface area contributed by atoms with Gasteiger partial charge in [0.15, 0.2) is 10.6 Å². The summed E-state index contributed by atoms with van der Waals surface area (Å²) in [5.41, 5.74) is 3.25. The van der Waals surface area contributed by atoms with Crippen molar-refractivity contribution in [3.8, 4) is 11.5 Å². The Labute approximate surface area is 155 Å². The number of furan rings is 1. The van der Waals surface area contributed by atoms with Crippen LogP contribution in [0.15, 0.2) is 76.2 Å². The van der Waals surface area contributed by atoms with E-state index in [1.807, 2.05) is 43.0 Å². The molecule has 0 bridgehead atoms. The van der Waals surface area contributed by atoms with Gasteiger partial charge in [-0.15, -0.1) is 11.3 Å². The first-order valence-corrected chi connectivity index (χ1v) is 9.47. The summed E-state index contributed by atoms with van der Waals surface area (Å²) in [6, 6.07) is 12.2. The molecule has 0 amide bonds. The molecule has 0 aliphatic rings. The van der Waals surface area contributed by atoms with E-state index in [1.54, 1.807) is 17.6 Å². The van der Waals surface area contributed by atoms with Gasteiger partial charge in [-0.1, -0.05) is 12.1 Å². The third-order valence-corrected chi connectivity index (χ3v) is 5.02. The molecule has 0 unspecified atom stereocenters. The molecule has 0 radical (unpaired) electrons. The second-order valence-electron chi connectivity index (χ2n) is 6.14. The van der Waals surface area contributed by atoms with E-state index in [0.29, 0.717) is 0 Å². The van der Waals surface area contributed by atoms with Crippen molar-refractivity contribution < 1.29 is 4.42 Å². The zero-order valence-electron chi connectivity index (χ0n) is 14.6. The fourth-order valence-electron chi connectivity index (χ4n) is 2.90. The summed E-state index contributed by atoms with van der Waals surface area (Å²) < 4.78 is 9.96. The molecular weight excluding hydrogens is 344 g/mol. The first-order chi connectivity index (χ1) is 12.8. The smallest absolute Gasteiger partial charge is 0.190 e. The van der Waals surface area contributed by atoms with Crippen LogP contribution in [0, 0.1) is 6.92 Å². The quantitative estimate of drug-likeness (QED) is 0.500. The first-order valence-electron chi connectivity index (χ1n) is 8.59. The van der Waals surface area contributed by atoms with Crippen molar-refractivity contribution in [1.82, 2.24) is 14.1 Å². The molecule has 0 saturated heterocycles. The van der Waals surface area contributed by atoms with Crippen LogP contribution in [-0.4, -0.2) is 14.1 Å². The highest BCUT2D eigenvalue weighted by Crippen LogP contribution is 2.22. The minimum Gasteiger partial charge on any atom is -0.463 e.